The molecule has 1 aromatic carbocycles. The van der Waals surface area contributed by atoms with Crippen molar-refractivity contribution in [1.82, 2.24) is 0 Å². The highest BCUT2D eigenvalue weighted by Gasteiger charge is 2.34. The topological polar surface area (TPSA) is 80.5 Å². The van der Waals surface area contributed by atoms with Gasteiger partial charge in [0.25, 0.3) is 0 Å². The molecule has 0 saturated carbocycles. The minimum Gasteiger partial charge on any atom is -0.312 e. The molecular weight excluding hydrogens is 276 g/mol. The number of amides is 1. The van der Waals surface area contributed by atoms with Gasteiger partial charge in [0.1, 0.15) is 0 Å². The van der Waals surface area contributed by atoms with Crippen LogP contribution in [0, 0.1) is 12.8 Å². The Morgan fingerprint density at radius 3 is 2.70 bits per heavy atom. The van der Waals surface area contributed by atoms with Gasteiger partial charge in [-0.05, 0) is 24.5 Å². The molecule has 6 heteroatoms. The number of hydrogen-bond donors (Lipinski definition) is 1. The maximum Gasteiger partial charge on any atom is 0.227 e. The lowest BCUT2D eigenvalue weighted by Crippen LogP contribution is -2.28. The highest BCUT2D eigenvalue weighted by Crippen LogP contribution is 2.31. The molecule has 1 aliphatic rings. The smallest absolute Gasteiger partial charge is 0.227 e. The van der Waals surface area contributed by atoms with Crippen molar-refractivity contribution in [2.75, 3.05) is 17.2 Å². The molecule has 1 aromatic rings. The number of anilines is 1. The zero-order chi connectivity index (χ0) is 14.9. The summed E-state index contributed by atoms with van der Waals surface area (Å²) in [4.78, 5) is 13.9. The maximum atomic E-state index is 12.2. The third kappa shape index (κ3) is 3.19. The van der Waals surface area contributed by atoms with E-state index in [1.165, 1.54) is 0 Å². The van der Waals surface area contributed by atoms with Crippen molar-refractivity contribution >= 4 is 21.6 Å². The van der Waals surface area contributed by atoms with E-state index in [-0.39, 0.29) is 24.0 Å². The molecule has 1 aliphatic heterocycles. The summed E-state index contributed by atoms with van der Waals surface area (Å²) in [6, 6.07) is 5.94. The highest BCUT2D eigenvalue weighted by molar-refractivity contribution is 7.89. The van der Waals surface area contributed by atoms with Gasteiger partial charge in [-0.2, -0.15) is 0 Å². The van der Waals surface area contributed by atoms with Gasteiger partial charge in [0, 0.05) is 24.6 Å². The number of aryl methyl sites for hydroxylation is 2. The first-order chi connectivity index (χ1) is 9.31. The van der Waals surface area contributed by atoms with Crippen LogP contribution in [0.15, 0.2) is 18.2 Å². The van der Waals surface area contributed by atoms with Crippen LogP contribution in [0.3, 0.4) is 0 Å². The number of nitrogens with two attached hydrogens (primary N) is 1. The molecule has 1 heterocycles. The van der Waals surface area contributed by atoms with E-state index in [1.807, 2.05) is 32.0 Å². The monoisotopic (exact) mass is 296 g/mol. The predicted molar refractivity (Wildman–Crippen MR) is 79.0 cm³/mol. The Hall–Kier alpha value is -1.40. The summed E-state index contributed by atoms with van der Waals surface area (Å²) in [5.74, 6) is -0.382. The zero-order valence-corrected chi connectivity index (χ0v) is 12.6. The van der Waals surface area contributed by atoms with Gasteiger partial charge in [0.05, 0.1) is 5.75 Å². The molecule has 5 nitrogen and oxygen atoms in total. The van der Waals surface area contributed by atoms with E-state index in [2.05, 4.69) is 0 Å². The number of carbonyl (C=O) groups excluding carboxylic acids is 1. The molecule has 1 atom stereocenters. The van der Waals surface area contributed by atoms with Crippen molar-refractivity contribution in [3.8, 4) is 0 Å². The molecule has 1 unspecified atom stereocenters. The Bertz CT molecular complexity index is 625. The van der Waals surface area contributed by atoms with Crippen molar-refractivity contribution in [3.63, 3.8) is 0 Å². The summed E-state index contributed by atoms with van der Waals surface area (Å²) >= 11 is 0. The maximum absolute atomic E-state index is 12.2. The first-order valence-electron chi connectivity index (χ1n) is 6.71. The van der Waals surface area contributed by atoms with Crippen molar-refractivity contribution < 1.29 is 13.2 Å². The third-order valence-electron chi connectivity index (χ3n) is 3.65. The summed E-state index contributed by atoms with van der Waals surface area (Å²) in [7, 11) is -3.54. The summed E-state index contributed by atoms with van der Waals surface area (Å²) in [6.07, 6.45) is 1.08. The van der Waals surface area contributed by atoms with E-state index in [4.69, 9.17) is 5.14 Å². The van der Waals surface area contributed by atoms with E-state index in [0.717, 1.165) is 23.2 Å². The first-order valence-corrected chi connectivity index (χ1v) is 8.42. The highest BCUT2D eigenvalue weighted by atomic mass is 32.2. The van der Waals surface area contributed by atoms with Crippen molar-refractivity contribution in [1.29, 1.82) is 0 Å². The van der Waals surface area contributed by atoms with Crippen LogP contribution in [0.1, 0.15) is 24.5 Å². The molecule has 2 N–H and O–H groups in total. The molecule has 1 saturated heterocycles. The zero-order valence-electron chi connectivity index (χ0n) is 11.8. The fraction of sp³-hybridized carbons (Fsp3) is 0.500. The molecule has 0 radical (unpaired) electrons. The van der Waals surface area contributed by atoms with E-state index >= 15 is 0 Å². The van der Waals surface area contributed by atoms with Gasteiger partial charge in [-0.3, -0.25) is 4.79 Å². The molecule has 0 aliphatic carbocycles. The van der Waals surface area contributed by atoms with Gasteiger partial charge in [0.15, 0.2) is 0 Å². The van der Waals surface area contributed by atoms with Crippen molar-refractivity contribution in [3.05, 3.63) is 29.3 Å². The lowest BCUT2D eigenvalue weighted by Gasteiger charge is -2.22. The fourth-order valence-electron chi connectivity index (χ4n) is 2.83. The van der Waals surface area contributed by atoms with Crippen molar-refractivity contribution in [2.45, 2.75) is 26.7 Å². The average Bonchev–Trinajstić information content (AvgIpc) is 2.67. The third-order valence-corrected chi connectivity index (χ3v) is 4.58. The van der Waals surface area contributed by atoms with Gasteiger partial charge in [-0.15, -0.1) is 0 Å². The number of benzene rings is 1. The Kier molecular flexibility index (Phi) is 4.15. The van der Waals surface area contributed by atoms with Crippen LogP contribution in [-0.4, -0.2) is 26.6 Å². The van der Waals surface area contributed by atoms with Gasteiger partial charge in [-0.25, -0.2) is 13.6 Å². The molecule has 1 amide bonds. The second-order valence-corrected chi connectivity index (χ2v) is 7.00. The molecule has 0 aromatic heterocycles. The normalized spacial score (nSPS) is 19.6. The Morgan fingerprint density at radius 1 is 1.40 bits per heavy atom. The van der Waals surface area contributed by atoms with Crippen LogP contribution < -0.4 is 10.0 Å². The molecule has 0 spiro atoms. The SMILES string of the molecule is CCc1cccc(C)c1N1CC(CS(N)(=O)=O)CC1=O. The lowest BCUT2D eigenvalue weighted by atomic mass is 10.0. The van der Waals surface area contributed by atoms with E-state index in [9.17, 15) is 13.2 Å². The number of primary sulfonamides is 1. The number of nitrogens with zero attached hydrogens (tertiary/aromatic N) is 1. The Labute approximate surface area is 119 Å². The standard InChI is InChI=1S/C14H20N2O3S/c1-3-12-6-4-5-10(2)14(12)16-8-11(7-13(16)17)9-20(15,18)19/h4-6,11H,3,7-9H2,1-2H3,(H2,15,18,19). The van der Waals surface area contributed by atoms with Gasteiger partial charge in [0.2, 0.25) is 15.9 Å². The van der Waals surface area contributed by atoms with Crippen LogP contribution in [0.5, 0.6) is 0 Å². The van der Waals surface area contributed by atoms with Crippen LogP contribution in [0.4, 0.5) is 5.69 Å². The number of hydrogen-bond acceptors (Lipinski definition) is 3. The minimum atomic E-state index is -3.54. The second kappa shape index (κ2) is 5.54. The largest absolute Gasteiger partial charge is 0.312 e. The fourth-order valence-corrected chi connectivity index (χ4v) is 3.71. The summed E-state index contributed by atoms with van der Waals surface area (Å²) < 4.78 is 22.4. The minimum absolute atomic E-state index is 0.0253. The van der Waals surface area contributed by atoms with Gasteiger partial charge in [-0.1, -0.05) is 25.1 Å². The van der Waals surface area contributed by atoms with Gasteiger partial charge >= 0.3 is 0 Å². The number of sulfonamides is 1. The Balaban J connectivity index is 2.29. The van der Waals surface area contributed by atoms with Gasteiger partial charge < -0.3 is 4.90 Å². The Morgan fingerprint density at radius 2 is 2.10 bits per heavy atom. The van der Waals surface area contributed by atoms with Crippen molar-refractivity contribution in [2.24, 2.45) is 11.1 Å². The molecule has 1 fully saturated rings. The molecule has 20 heavy (non-hydrogen) atoms. The second-order valence-electron chi connectivity index (χ2n) is 5.34. The van der Waals surface area contributed by atoms with Crippen LogP contribution in [0.25, 0.3) is 0 Å². The number of rotatable bonds is 4. The summed E-state index contributed by atoms with van der Waals surface area (Å²) in [6.45, 7) is 4.43. The predicted octanol–water partition coefficient (Wildman–Crippen LogP) is 1.20. The number of carbonyl (C=O) groups is 1. The van der Waals surface area contributed by atoms with E-state index in [0.29, 0.717) is 6.54 Å². The van der Waals surface area contributed by atoms with Crippen LogP contribution in [-0.2, 0) is 21.2 Å². The average molecular weight is 296 g/mol. The molecular formula is C14H20N2O3S. The lowest BCUT2D eigenvalue weighted by molar-refractivity contribution is -0.117. The quantitative estimate of drug-likeness (QED) is 0.906. The molecule has 0 bridgehead atoms. The summed E-state index contributed by atoms with van der Waals surface area (Å²) in [5.41, 5.74) is 3.07. The first kappa shape index (κ1) is 15.0. The number of para-hydroxylation sites is 1. The molecule has 2 rings (SSSR count). The van der Waals surface area contributed by atoms with Crippen LogP contribution in [0.2, 0.25) is 0 Å². The summed E-state index contributed by atoms with van der Waals surface area (Å²) in [5, 5.41) is 5.07. The molecule has 110 valence electrons. The van der Waals surface area contributed by atoms with E-state index in [1.54, 1.807) is 4.90 Å². The van der Waals surface area contributed by atoms with E-state index < -0.39 is 10.0 Å². The van der Waals surface area contributed by atoms with Crippen LogP contribution >= 0.6 is 0 Å².